The SMILES string of the molecule is Cc1cccc([C@H](C)NC2CC(C)C2)c1. The summed E-state index contributed by atoms with van der Waals surface area (Å²) in [5.74, 6) is 0.923. The lowest BCUT2D eigenvalue weighted by molar-refractivity contribution is 0.226. The number of aryl methyl sites for hydroxylation is 1. The number of rotatable bonds is 3. The summed E-state index contributed by atoms with van der Waals surface area (Å²) >= 11 is 0. The topological polar surface area (TPSA) is 12.0 Å². The van der Waals surface area contributed by atoms with Gasteiger partial charge in [-0.15, -0.1) is 0 Å². The van der Waals surface area contributed by atoms with Crippen molar-refractivity contribution in [3.8, 4) is 0 Å². The summed E-state index contributed by atoms with van der Waals surface area (Å²) in [5.41, 5.74) is 2.76. The molecule has 1 fully saturated rings. The van der Waals surface area contributed by atoms with Crippen LogP contribution in [0.4, 0.5) is 0 Å². The van der Waals surface area contributed by atoms with E-state index in [4.69, 9.17) is 0 Å². The maximum Gasteiger partial charge on any atom is 0.0294 e. The van der Waals surface area contributed by atoms with E-state index in [2.05, 4.69) is 50.4 Å². The molecule has 0 saturated heterocycles. The molecule has 0 amide bonds. The lowest BCUT2D eigenvalue weighted by atomic mass is 9.81. The molecule has 0 radical (unpaired) electrons. The first-order chi connectivity index (χ1) is 7.15. The van der Waals surface area contributed by atoms with Crippen molar-refractivity contribution in [2.75, 3.05) is 0 Å². The van der Waals surface area contributed by atoms with Gasteiger partial charge in [-0.3, -0.25) is 0 Å². The lowest BCUT2D eigenvalue weighted by Gasteiger charge is -2.35. The fourth-order valence-corrected chi connectivity index (χ4v) is 2.43. The van der Waals surface area contributed by atoms with Crippen LogP contribution in [0, 0.1) is 12.8 Å². The van der Waals surface area contributed by atoms with Gasteiger partial charge in [-0.1, -0.05) is 36.8 Å². The van der Waals surface area contributed by atoms with Crippen molar-refractivity contribution in [2.24, 2.45) is 5.92 Å². The van der Waals surface area contributed by atoms with Gasteiger partial charge in [0.25, 0.3) is 0 Å². The molecule has 1 atom stereocenters. The van der Waals surface area contributed by atoms with E-state index in [0.29, 0.717) is 6.04 Å². The number of hydrogen-bond donors (Lipinski definition) is 1. The van der Waals surface area contributed by atoms with E-state index in [0.717, 1.165) is 12.0 Å². The van der Waals surface area contributed by atoms with Gasteiger partial charge in [0.2, 0.25) is 0 Å². The van der Waals surface area contributed by atoms with Gasteiger partial charge in [0.1, 0.15) is 0 Å². The van der Waals surface area contributed by atoms with Crippen LogP contribution in [-0.2, 0) is 0 Å². The van der Waals surface area contributed by atoms with Crippen molar-refractivity contribution in [3.63, 3.8) is 0 Å². The van der Waals surface area contributed by atoms with Gasteiger partial charge in [-0.25, -0.2) is 0 Å². The third-order valence-electron chi connectivity index (χ3n) is 3.40. The zero-order valence-electron chi connectivity index (χ0n) is 9.96. The molecule has 1 aliphatic carbocycles. The standard InChI is InChI=1S/C14H21N/c1-10-5-4-6-13(7-10)12(3)15-14-8-11(2)9-14/h4-7,11-12,14-15H,8-9H2,1-3H3/t11?,12-,14?/m0/s1. The smallest absolute Gasteiger partial charge is 0.0294 e. The minimum absolute atomic E-state index is 0.488. The molecule has 1 saturated carbocycles. The predicted molar refractivity (Wildman–Crippen MR) is 64.9 cm³/mol. The Bertz CT molecular complexity index is 326. The van der Waals surface area contributed by atoms with E-state index in [1.165, 1.54) is 24.0 Å². The minimum Gasteiger partial charge on any atom is -0.307 e. The Morgan fingerprint density at radius 1 is 1.33 bits per heavy atom. The highest BCUT2D eigenvalue weighted by molar-refractivity contribution is 5.24. The molecule has 1 nitrogen and oxygen atoms in total. The molecule has 0 heterocycles. The molecule has 1 aliphatic rings. The zero-order valence-corrected chi connectivity index (χ0v) is 9.96. The Morgan fingerprint density at radius 3 is 2.67 bits per heavy atom. The monoisotopic (exact) mass is 203 g/mol. The molecule has 1 N–H and O–H groups in total. The highest BCUT2D eigenvalue weighted by Gasteiger charge is 2.26. The van der Waals surface area contributed by atoms with Crippen LogP contribution in [0.1, 0.15) is 43.9 Å². The Hall–Kier alpha value is -0.820. The minimum atomic E-state index is 0.488. The van der Waals surface area contributed by atoms with Crippen LogP contribution in [0.25, 0.3) is 0 Å². The van der Waals surface area contributed by atoms with E-state index in [-0.39, 0.29) is 0 Å². The molecular formula is C14H21N. The summed E-state index contributed by atoms with van der Waals surface area (Å²) in [4.78, 5) is 0. The average Bonchev–Trinajstić information content (AvgIpc) is 2.15. The second kappa shape index (κ2) is 4.36. The normalized spacial score (nSPS) is 27.1. The first kappa shape index (κ1) is 10.7. The van der Waals surface area contributed by atoms with Crippen LogP contribution in [-0.4, -0.2) is 6.04 Å². The first-order valence-corrected chi connectivity index (χ1v) is 5.98. The second-order valence-corrected chi connectivity index (χ2v) is 5.08. The highest BCUT2D eigenvalue weighted by Crippen LogP contribution is 2.28. The molecule has 15 heavy (non-hydrogen) atoms. The third-order valence-corrected chi connectivity index (χ3v) is 3.40. The van der Waals surface area contributed by atoms with Crippen molar-refractivity contribution in [1.82, 2.24) is 5.32 Å². The van der Waals surface area contributed by atoms with Crippen molar-refractivity contribution >= 4 is 0 Å². The predicted octanol–water partition coefficient (Wildman–Crippen LogP) is 3.44. The van der Waals surface area contributed by atoms with Crippen LogP contribution in [0.3, 0.4) is 0 Å². The average molecular weight is 203 g/mol. The first-order valence-electron chi connectivity index (χ1n) is 5.98. The van der Waals surface area contributed by atoms with Crippen molar-refractivity contribution in [1.29, 1.82) is 0 Å². The van der Waals surface area contributed by atoms with Gasteiger partial charge >= 0.3 is 0 Å². The molecule has 82 valence electrons. The number of nitrogens with one attached hydrogen (secondary N) is 1. The van der Waals surface area contributed by atoms with Crippen molar-refractivity contribution in [3.05, 3.63) is 35.4 Å². The highest BCUT2D eigenvalue weighted by atomic mass is 15.0. The Labute approximate surface area is 92.9 Å². The van der Waals surface area contributed by atoms with Crippen molar-refractivity contribution < 1.29 is 0 Å². The van der Waals surface area contributed by atoms with Crippen LogP contribution in [0.2, 0.25) is 0 Å². The summed E-state index contributed by atoms with van der Waals surface area (Å²) in [6.45, 7) is 6.74. The molecule has 1 aromatic rings. The van der Waals surface area contributed by atoms with Gasteiger partial charge in [0.05, 0.1) is 0 Å². The van der Waals surface area contributed by atoms with Crippen LogP contribution in [0.5, 0.6) is 0 Å². The van der Waals surface area contributed by atoms with Gasteiger partial charge in [-0.05, 0) is 38.2 Å². The van der Waals surface area contributed by atoms with E-state index in [1.807, 2.05) is 0 Å². The van der Waals surface area contributed by atoms with Crippen LogP contribution >= 0.6 is 0 Å². The molecular weight excluding hydrogens is 182 g/mol. The lowest BCUT2D eigenvalue weighted by Crippen LogP contribution is -2.41. The van der Waals surface area contributed by atoms with Gasteiger partial charge in [-0.2, -0.15) is 0 Å². The van der Waals surface area contributed by atoms with Crippen LogP contribution in [0.15, 0.2) is 24.3 Å². The third kappa shape index (κ3) is 2.60. The molecule has 2 rings (SSSR count). The zero-order chi connectivity index (χ0) is 10.8. The molecule has 1 aromatic carbocycles. The van der Waals surface area contributed by atoms with Crippen LogP contribution < -0.4 is 5.32 Å². The van der Waals surface area contributed by atoms with Gasteiger partial charge in [0, 0.05) is 12.1 Å². The maximum atomic E-state index is 3.69. The molecule has 0 aliphatic heterocycles. The summed E-state index contributed by atoms with van der Waals surface area (Å²) in [6.07, 6.45) is 2.69. The van der Waals surface area contributed by atoms with E-state index >= 15 is 0 Å². The quantitative estimate of drug-likeness (QED) is 0.793. The Balaban J connectivity index is 1.93. The van der Waals surface area contributed by atoms with E-state index in [1.54, 1.807) is 0 Å². The van der Waals surface area contributed by atoms with E-state index < -0.39 is 0 Å². The Morgan fingerprint density at radius 2 is 2.07 bits per heavy atom. The molecule has 0 aromatic heterocycles. The molecule has 0 unspecified atom stereocenters. The van der Waals surface area contributed by atoms with Gasteiger partial charge < -0.3 is 5.32 Å². The fraction of sp³-hybridized carbons (Fsp3) is 0.571. The maximum absolute atomic E-state index is 3.69. The Kier molecular flexibility index (Phi) is 3.11. The van der Waals surface area contributed by atoms with Gasteiger partial charge in [0.15, 0.2) is 0 Å². The number of hydrogen-bond acceptors (Lipinski definition) is 1. The number of benzene rings is 1. The summed E-state index contributed by atoms with van der Waals surface area (Å²) in [7, 11) is 0. The largest absolute Gasteiger partial charge is 0.307 e. The molecule has 0 bridgehead atoms. The molecule has 0 spiro atoms. The summed E-state index contributed by atoms with van der Waals surface area (Å²) < 4.78 is 0. The second-order valence-electron chi connectivity index (χ2n) is 5.08. The fourth-order valence-electron chi connectivity index (χ4n) is 2.43. The van der Waals surface area contributed by atoms with Crippen molar-refractivity contribution in [2.45, 2.75) is 45.7 Å². The van der Waals surface area contributed by atoms with E-state index in [9.17, 15) is 0 Å². The molecule has 1 heteroatoms. The summed E-state index contributed by atoms with van der Waals surface area (Å²) in [5, 5.41) is 3.69. The summed E-state index contributed by atoms with van der Waals surface area (Å²) in [6, 6.07) is 10.0.